The van der Waals surface area contributed by atoms with Crippen LogP contribution in [0.15, 0.2) is 54.6 Å². The van der Waals surface area contributed by atoms with E-state index in [-0.39, 0.29) is 11.9 Å². The molecule has 2 aliphatic rings. The van der Waals surface area contributed by atoms with E-state index in [0.717, 1.165) is 82.9 Å². The van der Waals surface area contributed by atoms with Gasteiger partial charge >= 0.3 is 11.9 Å². The molecule has 2 heterocycles. The Hall–Kier alpha value is -3.44. The molecule has 0 saturated heterocycles. The van der Waals surface area contributed by atoms with Crippen LogP contribution in [0.2, 0.25) is 0 Å². The molecule has 0 fully saturated rings. The first-order chi connectivity index (χ1) is 23.8. The summed E-state index contributed by atoms with van der Waals surface area (Å²) in [6, 6.07) is 18.4. The van der Waals surface area contributed by atoms with Crippen LogP contribution in [-0.4, -0.2) is 35.6 Å². The van der Waals surface area contributed by atoms with Crippen molar-refractivity contribution in [3.63, 3.8) is 0 Å². The van der Waals surface area contributed by atoms with Crippen LogP contribution in [0.25, 0.3) is 0 Å². The van der Waals surface area contributed by atoms with E-state index >= 15 is 0 Å². The lowest BCUT2D eigenvalue weighted by molar-refractivity contribution is 0.0525. The topological polar surface area (TPSA) is 76.7 Å². The highest BCUT2D eigenvalue weighted by atomic mass is 32.1. The fourth-order valence-corrected chi connectivity index (χ4v) is 9.71. The molecule has 6 rings (SSSR count). The molecule has 0 atom stereocenters. The van der Waals surface area contributed by atoms with E-state index in [9.17, 15) is 9.59 Å². The summed E-state index contributed by atoms with van der Waals surface area (Å²) in [5.41, 5.74) is 7.24. The quantitative estimate of drug-likeness (QED) is 0.123. The second-order valence-electron chi connectivity index (χ2n) is 12.1. The fraction of sp³-hybridized carbons (Fsp3) is 0.385. The highest BCUT2D eigenvalue weighted by Crippen LogP contribution is 2.39. The van der Waals surface area contributed by atoms with Crippen molar-refractivity contribution in [1.82, 2.24) is 0 Å². The van der Waals surface area contributed by atoms with Gasteiger partial charge in [-0.05, 0) is 111 Å². The molecule has 49 heavy (non-hydrogen) atoms. The van der Waals surface area contributed by atoms with E-state index in [4.69, 9.17) is 33.9 Å². The lowest BCUT2D eigenvalue weighted by Gasteiger charge is -2.13. The van der Waals surface area contributed by atoms with E-state index in [2.05, 4.69) is 41.8 Å². The molecule has 0 saturated carbocycles. The Kier molecular flexibility index (Phi) is 13.5. The van der Waals surface area contributed by atoms with Crippen molar-refractivity contribution < 1.29 is 19.1 Å². The molecule has 0 aliphatic heterocycles. The van der Waals surface area contributed by atoms with Gasteiger partial charge in [-0.15, -0.1) is 22.7 Å². The van der Waals surface area contributed by atoms with E-state index in [1.807, 2.05) is 37.3 Å². The summed E-state index contributed by atoms with van der Waals surface area (Å²) in [6.07, 6.45) is 11.1. The maximum Gasteiger partial charge on any atom is 0.341 e. The molecule has 2 aromatic heterocycles. The van der Waals surface area contributed by atoms with Gasteiger partial charge in [-0.25, -0.2) is 9.59 Å². The number of thiocarbonyl (C=S) groups is 2. The van der Waals surface area contributed by atoms with Crippen LogP contribution in [0.5, 0.6) is 0 Å². The summed E-state index contributed by atoms with van der Waals surface area (Å²) in [5, 5.41) is 7.69. The number of nitrogens with one attached hydrogen (secondary N) is 2. The van der Waals surface area contributed by atoms with Crippen LogP contribution in [0.3, 0.4) is 0 Å². The second kappa shape index (κ2) is 18.0. The summed E-state index contributed by atoms with van der Waals surface area (Å²) in [6.45, 7) is 4.33. The van der Waals surface area contributed by atoms with Gasteiger partial charge in [0.2, 0.25) is 0 Å². The average molecular weight is 733 g/mol. The second-order valence-corrected chi connectivity index (χ2v) is 15.4. The molecule has 0 unspecified atom stereocenters. The number of esters is 2. The molecule has 2 aliphatic carbocycles. The first-order valence-electron chi connectivity index (χ1n) is 17.1. The molecule has 6 nitrogen and oxygen atoms in total. The summed E-state index contributed by atoms with van der Waals surface area (Å²) >= 11 is 14.4. The molecular weight excluding hydrogens is 689 g/mol. The van der Waals surface area contributed by atoms with Crippen molar-refractivity contribution in [3.8, 4) is 0 Å². The van der Waals surface area contributed by atoms with Gasteiger partial charge in [0.05, 0.1) is 24.8 Å². The highest BCUT2D eigenvalue weighted by molar-refractivity contribution is 7.81. The predicted octanol–water partition coefficient (Wildman–Crippen LogP) is 9.74. The Balaban J connectivity index is 0.000000192. The number of methoxy groups -OCH3 is 1. The van der Waals surface area contributed by atoms with Crippen LogP contribution in [0.4, 0.5) is 10.7 Å². The minimum absolute atomic E-state index is 0.207. The van der Waals surface area contributed by atoms with E-state index in [0.29, 0.717) is 23.7 Å². The largest absolute Gasteiger partial charge is 0.465 e. The van der Waals surface area contributed by atoms with Crippen molar-refractivity contribution >= 4 is 79.7 Å². The monoisotopic (exact) mass is 732 g/mol. The summed E-state index contributed by atoms with van der Waals surface area (Å²) in [7, 11) is 1.46. The standard InChI is InChI=1S/C20H24N2O2S2.C19H20O2S2/c1-3-13-9-11-14(12-10-13)21-20(25)22-18-17(19(23)24-4-2)15-7-5-6-8-16(15)26-18;1-21-19(20)18-15-9-5-6-10-16(15)23-17(18)12-14(22)11-13-7-3-2-4-8-13/h9-12H,3-8H2,1-2H3,(H2,21,22,25);2-4,7-8H,5-6,9-12H2,1H3. The van der Waals surface area contributed by atoms with E-state index in [1.54, 1.807) is 22.7 Å². The van der Waals surface area contributed by atoms with Crippen molar-refractivity contribution in [3.05, 3.63) is 103 Å². The summed E-state index contributed by atoms with van der Waals surface area (Å²) < 4.78 is 10.3. The molecular formula is C39H44N2O4S4. The van der Waals surface area contributed by atoms with Crippen LogP contribution < -0.4 is 10.6 Å². The van der Waals surface area contributed by atoms with Crippen molar-refractivity contribution in [2.45, 2.75) is 84.5 Å². The fourth-order valence-electron chi connectivity index (χ4n) is 6.31. The Morgan fingerprint density at radius 2 is 1.37 bits per heavy atom. The SMILES string of the molecule is CCOC(=O)c1c(NC(=S)Nc2ccc(CC)cc2)sc2c1CCCC2.COC(=O)c1c(CC(=S)Cc2ccccc2)sc2c1CCCC2. The molecule has 0 spiro atoms. The zero-order valence-electron chi connectivity index (χ0n) is 28.4. The zero-order chi connectivity index (χ0) is 34.8. The summed E-state index contributed by atoms with van der Waals surface area (Å²) in [4.78, 5) is 29.4. The number of anilines is 2. The van der Waals surface area contributed by atoms with Crippen LogP contribution in [-0.2, 0) is 54.4 Å². The molecule has 0 amide bonds. The first kappa shape index (κ1) is 36.8. The Labute approximate surface area is 308 Å². The Morgan fingerprint density at radius 3 is 2.00 bits per heavy atom. The third-order valence-electron chi connectivity index (χ3n) is 8.73. The normalized spacial score (nSPS) is 13.2. The lowest BCUT2D eigenvalue weighted by atomic mass is 9.94. The number of benzene rings is 2. The van der Waals surface area contributed by atoms with Gasteiger partial charge < -0.3 is 20.1 Å². The molecule has 10 heteroatoms. The molecule has 0 bridgehead atoms. The molecule has 0 radical (unpaired) electrons. The molecule has 2 N–H and O–H groups in total. The number of aryl methyl sites for hydroxylation is 3. The number of thiophene rings is 2. The summed E-state index contributed by atoms with van der Waals surface area (Å²) in [5.74, 6) is -0.466. The number of carbonyl (C=O) groups is 2. The van der Waals surface area contributed by atoms with Crippen molar-refractivity contribution in [2.24, 2.45) is 0 Å². The average Bonchev–Trinajstić information content (AvgIpc) is 3.66. The van der Waals surface area contributed by atoms with Gasteiger partial charge in [0.25, 0.3) is 0 Å². The van der Waals surface area contributed by atoms with Gasteiger partial charge in [0.1, 0.15) is 5.00 Å². The smallest absolute Gasteiger partial charge is 0.341 e. The number of hydrogen-bond acceptors (Lipinski definition) is 8. The minimum Gasteiger partial charge on any atom is -0.465 e. The van der Waals surface area contributed by atoms with Crippen LogP contribution in [0.1, 0.15) is 97.1 Å². The van der Waals surface area contributed by atoms with E-state index in [1.165, 1.54) is 46.4 Å². The Morgan fingerprint density at radius 1 is 0.735 bits per heavy atom. The number of carbonyl (C=O) groups excluding carboxylic acids is 2. The molecule has 258 valence electrons. The lowest BCUT2D eigenvalue weighted by Crippen LogP contribution is -2.20. The predicted molar refractivity (Wildman–Crippen MR) is 211 cm³/mol. The third kappa shape index (κ3) is 9.63. The molecule has 4 aromatic rings. The third-order valence-corrected chi connectivity index (χ3v) is 11.7. The van der Waals surface area contributed by atoms with Crippen LogP contribution >= 0.6 is 47.1 Å². The van der Waals surface area contributed by atoms with Gasteiger partial charge in [-0.3, -0.25) is 0 Å². The molecule has 2 aromatic carbocycles. The van der Waals surface area contributed by atoms with Gasteiger partial charge in [-0.2, -0.15) is 0 Å². The Bertz CT molecular complexity index is 1780. The van der Waals surface area contributed by atoms with Crippen LogP contribution in [0, 0.1) is 0 Å². The van der Waals surface area contributed by atoms with Crippen molar-refractivity contribution in [2.75, 3.05) is 24.4 Å². The maximum atomic E-state index is 12.5. The first-order valence-corrected chi connectivity index (χ1v) is 19.5. The zero-order valence-corrected chi connectivity index (χ0v) is 31.7. The highest BCUT2D eigenvalue weighted by Gasteiger charge is 2.28. The number of ether oxygens (including phenoxy) is 2. The van der Waals surface area contributed by atoms with Crippen molar-refractivity contribution in [1.29, 1.82) is 0 Å². The number of rotatable bonds is 10. The number of fused-ring (bicyclic) bond motifs is 2. The van der Waals surface area contributed by atoms with Gasteiger partial charge in [-0.1, -0.05) is 61.6 Å². The number of hydrogen-bond donors (Lipinski definition) is 2. The maximum absolute atomic E-state index is 12.5. The van der Waals surface area contributed by atoms with Gasteiger partial charge in [0.15, 0.2) is 5.11 Å². The van der Waals surface area contributed by atoms with E-state index < -0.39 is 0 Å². The minimum atomic E-state index is -0.260. The van der Waals surface area contributed by atoms with Gasteiger partial charge in [0, 0.05) is 38.0 Å².